The number of aromatic nitrogens is 1. The maximum Gasteiger partial charge on any atom is 0.271 e. The third-order valence-corrected chi connectivity index (χ3v) is 7.88. The highest BCUT2D eigenvalue weighted by Gasteiger charge is 2.21. The molecular weight excluding hydrogens is 435 g/mol. The van der Waals surface area contributed by atoms with Crippen molar-refractivity contribution in [1.29, 1.82) is 0 Å². The number of rotatable bonds is 6. The topological polar surface area (TPSA) is 76.1 Å². The van der Waals surface area contributed by atoms with Crippen molar-refractivity contribution >= 4 is 61.0 Å². The normalized spacial score (nSPS) is 12.7. The summed E-state index contributed by atoms with van der Waals surface area (Å²) in [7, 11) is -5.45. The summed E-state index contributed by atoms with van der Waals surface area (Å²) < 4.78 is 40.6. The summed E-state index contributed by atoms with van der Waals surface area (Å²) in [6.07, 6.45) is 1.33. The molecule has 0 spiro atoms. The number of hydrogen-bond acceptors (Lipinski definition) is 5. The van der Waals surface area contributed by atoms with Crippen LogP contribution in [0.3, 0.4) is 0 Å². The van der Waals surface area contributed by atoms with Crippen LogP contribution in [0.15, 0.2) is 64.0 Å². The summed E-state index contributed by atoms with van der Waals surface area (Å²) in [6.45, 7) is 0. The van der Waals surface area contributed by atoms with Crippen LogP contribution in [0.4, 0.5) is 5.69 Å². The van der Waals surface area contributed by atoms with Gasteiger partial charge < -0.3 is 0 Å². The molecule has 136 valence electrons. The molecule has 3 aromatic rings. The van der Waals surface area contributed by atoms with Gasteiger partial charge in [0, 0.05) is 6.20 Å². The van der Waals surface area contributed by atoms with Crippen LogP contribution in [-0.4, -0.2) is 17.6 Å². The Kier molecular flexibility index (Phi) is 5.99. The van der Waals surface area contributed by atoms with E-state index in [2.05, 4.69) is 9.71 Å². The molecule has 1 aromatic carbocycles. The molecule has 2 aromatic heterocycles. The van der Waals surface area contributed by atoms with Gasteiger partial charge in [0.25, 0.3) is 10.0 Å². The highest BCUT2D eigenvalue weighted by molar-refractivity contribution is 7.94. The fourth-order valence-electron chi connectivity index (χ4n) is 2.11. The van der Waals surface area contributed by atoms with Crippen LogP contribution in [0.5, 0.6) is 0 Å². The smallest absolute Gasteiger partial charge is 0.271 e. The van der Waals surface area contributed by atoms with Gasteiger partial charge >= 0.3 is 0 Å². The quantitative estimate of drug-likeness (QED) is 0.601. The van der Waals surface area contributed by atoms with Crippen molar-refractivity contribution in [3.8, 4) is 0 Å². The van der Waals surface area contributed by atoms with Gasteiger partial charge in [-0.1, -0.05) is 53.5 Å². The first kappa shape index (κ1) is 19.3. The van der Waals surface area contributed by atoms with Gasteiger partial charge in [-0.2, -0.15) is 0 Å². The van der Waals surface area contributed by atoms with Gasteiger partial charge in [0.2, 0.25) is 0 Å². The number of sulfonamides is 1. The van der Waals surface area contributed by atoms with E-state index in [1.807, 2.05) is 30.3 Å². The second-order valence-electron chi connectivity index (χ2n) is 5.15. The zero-order valence-corrected chi connectivity index (χ0v) is 17.0. The van der Waals surface area contributed by atoms with Crippen molar-refractivity contribution in [2.75, 3.05) is 4.72 Å². The first-order chi connectivity index (χ1) is 12.3. The largest absolute Gasteiger partial charge is 0.276 e. The molecule has 5 nitrogen and oxygen atoms in total. The third kappa shape index (κ3) is 4.63. The van der Waals surface area contributed by atoms with E-state index in [0.717, 1.165) is 16.9 Å². The molecule has 1 atom stereocenters. The van der Waals surface area contributed by atoms with Crippen LogP contribution < -0.4 is 4.72 Å². The molecule has 0 aliphatic carbocycles. The van der Waals surface area contributed by atoms with Gasteiger partial charge in [-0.25, -0.2) is 13.4 Å². The van der Waals surface area contributed by atoms with E-state index in [1.54, 1.807) is 0 Å². The molecule has 0 radical (unpaired) electrons. The maximum atomic E-state index is 12.7. The Morgan fingerprint density at radius 3 is 2.50 bits per heavy atom. The van der Waals surface area contributed by atoms with Crippen molar-refractivity contribution in [1.82, 2.24) is 4.98 Å². The number of benzene rings is 1. The number of anilines is 1. The number of hydrogen-bond donors (Lipinski definition) is 1. The molecular formula is C16H12Cl2N2O3S3. The maximum absolute atomic E-state index is 12.7. The molecule has 1 unspecified atom stereocenters. The Morgan fingerprint density at radius 1 is 1.12 bits per heavy atom. The van der Waals surface area contributed by atoms with Crippen molar-refractivity contribution in [2.45, 2.75) is 15.0 Å². The Morgan fingerprint density at radius 2 is 1.85 bits per heavy atom. The molecule has 0 saturated heterocycles. The predicted octanol–water partition coefficient (Wildman–Crippen LogP) is 4.56. The number of nitrogens with one attached hydrogen (secondary N) is 1. The highest BCUT2D eigenvalue weighted by Crippen LogP contribution is 2.30. The number of thiophene rings is 1. The van der Waals surface area contributed by atoms with Gasteiger partial charge in [-0.05, 0) is 23.8 Å². The summed E-state index contributed by atoms with van der Waals surface area (Å²) in [4.78, 5) is 4.08. The molecule has 26 heavy (non-hydrogen) atoms. The van der Waals surface area contributed by atoms with Crippen LogP contribution in [0, 0.1) is 0 Å². The van der Waals surface area contributed by atoms with Crippen molar-refractivity contribution in [3.63, 3.8) is 0 Å². The van der Waals surface area contributed by atoms with Gasteiger partial charge in [0.1, 0.15) is 4.21 Å². The first-order valence-corrected chi connectivity index (χ1v) is 11.6. The SMILES string of the molecule is O=S(Cc1ccccc1)c1ncc(Cl)cc1NS(=O)(=O)c1ccc(Cl)s1. The van der Waals surface area contributed by atoms with E-state index in [0.29, 0.717) is 4.34 Å². The lowest BCUT2D eigenvalue weighted by Gasteiger charge is -2.11. The average Bonchev–Trinajstić information content (AvgIpc) is 3.03. The predicted molar refractivity (Wildman–Crippen MR) is 106 cm³/mol. The number of pyridine rings is 1. The second kappa shape index (κ2) is 8.06. The molecule has 0 amide bonds. The van der Waals surface area contributed by atoms with Crippen molar-refractivity contribution < 1.29 is 12.6 Å². The summed E-state index contributed by atoms with van der Waals surface area (Å²) in [6, 6.07) is 13.5. The first-order valence-electron chi connectivity index (χ1n) is 7.21. The van der Waals surface area contributed by atoms with Crippen LogP contribution in [0.25, 0.3) is 0 Å². The molecule has 0 bridgehead atoms. The lowest BCUT2D eigenvalue weighted by molar-refractivity contribution is 0.603. The minimum absolute atomic E-state index is 0.0438. The Labute approximate surface area is 167 Å². The number of nitrogens with zero attached hydrogens (tertiary/aromatic N) is 1. The fourth-order valence-corrected chi connectivity index (χ4v) is 6.03. The standard InChI is InChI=1S/C16H12Cl2N2O3S3/c17-12-8-13(20-26(22,23)15-7-6-14(18)24-15)16(19-9-12)25(21)10-11-4-2-1-3-5-11/h1-9,20H,10H2. The lowest BCUT2D eigenvalue weighted by atomic mass is 10.2. The zero-order valence-electron chi connectivity index (χ0n) is 13.1. The van der Waals surface area contributed by atoms with E-state index in [-0.39, 0.29) is 25.7 Å². The van der Waals surface area contributed by atoms with E-state index in [4.69, 9.17) is 23.2 Å². The van der Waals surface area contributed by atoms with Crippen LogP contribution in [0.2, 0.25) is 9.36 Å². The minimum atomic E-state index is -3.89. The van der Waals surface area contributed by atoms with Gasteiger partial charge in [0.15, 0.2) is 5.03 Å². The third-order valence-electron chi connectivity index (χ3n) is 3.23. The summed E-state index contributed by atoms with van der Waals surface area (Å²) in [5.74, 6) is 0.203. The molecule has 0 aliphatic rings. The Balaban J connectivity index is 1.92. The van der Waals surface area contributed by atoms with Gasteiger partial charge in [-0.3, -0.25) is 8.93 Å². The Hall–Kier alpha value is -1.45. The lowest BCUT2D eigenvalue weighted by Crippen LogP contribution is -2.14. The molecule has 3 rings (SSSR count). The molecule has 10 heteroatoms. The zero-order chi connectivity index (χ0) is 18.7. The second-order valence-corrected chi connectivity index (χ2v) is 10.6. The molecule has 1 N–H and O–H groups in total. The summed E-state index contributed by atoms with van der Waals surface area (Å²) >= 11 is 12.7. The summed E-state index contributed by atoms with van der Waals surface area (Å²) in [5, 5.41) is 0.344. The van der Waals surface area contributed by atoms with Crippen LogP contribution >= 0.6 is 34.5 Å². The summed E-state index contributed by atoms with van der Waals surface area (Å²) in [5.41, 5.74) is 0.928. The molecule has 0 saturated carbocycles. The highest BCUT2D eigenvalue weighted by atomic mass is 35.5. The van der Waals surface area contributed by atoms with Crippen LogP contribution in [-0.2, 0) is 26.6 Å². The molecule has 2 heterocycles. The van der Waals surface area contributed by atoms with Crippen molar-refractivity contribution in [3.05, 3.63) is 69.7 Å². The van der Waals surface area contributed by atoms with Crippen LogP contribution in [0.1, 0.15) is 5.56 Å². The average molecular weight is 447 g/mol. The van der Waals surface area contributed by atoms with Crippen molar-refractivity contribution in [2.24, 2.45) is 0 Å². The molecule has 0 aliphatic heterocycles. The molecule has 0 fully saturated rings. The van der Waals surface area contributed by atoms with E-state index >= 15 is 0 Å². The van der Waals surface area contributed by atoms with E-state index < -0.39 is 20.8 Å². The van der Waals surface area contributed by atoms with Gasteiger partial charge in [0.05, 0.1) is 31.6 Å². The monoisotopic (exact) mass is 446 g/mol. The fraction of sp³-hybridized carbons (Fsp3) is 0.0625. The minimum Gasteiger partial charge on any atom is -0.276 e. The van der Waals surface area contributed by atoms with E-state index in [1.165, 1.54) is 24.4 Å². The van der Waals surface area contributed by atoms with Gasteiger partial charge in [-0.15, -0.1) is 11.3 Å². The number of halogens is 2. The Bertz CT molecular complexity index is 1050. The van der Waals surface area contributed by atoms with E-state index in [9.17, 15) is 12.6 Å².